The minimum Gasteiger partial charge on any atom is -0.464 e. The lowest BCUT2D eigenvalue weighted by molar-refractivity contribution is -0.144. The summed E-state index contributed by atoms with van der Waals surface area (Å²) in [7, 11) is 0. The zero-order valence-corrected chi connectivity index (χ0v) is 50.5. The van der Waals surface area contributed by atoms with Gasteiger partial charge in [-0.3, -0.25) is 28.8 Å². The number of hydrogen-bond acceptors (Lipinski definition) is 15. The molecule has 0 spiro atoms. The third-order valence-corrected chi connectivity index (χ3v) is 17.5. The summed E-state index contributed by atoms with van der Waals surface area (Å²) in [6, 6.07) is 44.7. The Morgan fingerprint density at radius 3 is 0.750 bits per heavy atom. The average molecular weight is 1190 g/mol. The van der Waals surface area contributed by atoms with Gasteiger partial charge in [0, 0.05) is 33.9 Å². The van der Waals surface area contributed by atoms with Crippen molar-refractivity contribution in [3.63, 3.8) is 0 Å². The zero-order valence-electron chi connectivity index (χ0n) is 48.0. The Balaban J connectivity index is 1.000. The maximum atomic E-state index is 14.0. The molecule has 3 atom stereocenters. The summed E-state index contributed by atoms with van der Waals surface area (Å²) in [6.45, 7) is 8.95. The Labute approximate surface area is 501 Å². The van der Waals surface area contributed by atoms with Gasteiger partial charge in [-0.15, -0.1) is 35.3 Å². The number of aryl methyl sites for hydroxylation is 6. The molecule has 3 unspecified atom stereocenters. The van der Waals surface area contributed by atoms with Crippen LogP contribution in [0.2, 0.25) is 0 Å². The van der Waals surface area contributed by atoms with Gasteiger partial charge in [-0.1, -0.05) is 179 Å². The van der Waals surface area contributed by atoms with Crippen molar-refractivity contribution in [1.29, 1.82) is 0 Å². The van der Waals surface area contributed by atoms with Crippen LogP contribution in [0, 0.1) is 41.5 Å². The van der Waals surface area contributed by atoms with E-state index in [2.05, 4.69) is 0 Å². The van der Waals surface area contributed by atoms with Crippen LogP contribution in [0.1, 0.15) is 116 Å². The molecule has 6 aromatic carbocycles. The predicted octanol–water partition coefficient (Wildman–Crippen LogP) is 10.9. The number of Topliss-reactive ketones (excluding diaryl/α,β-unsaturated/α-hetero) is 3. The third kappa shape index (κ3) is 18.1. The number of carbonyl (C=O) groups excluding carboxylic acids is 6. The van der Waals surface area contributed by atoms with Crippen LogP contribution in [0.5, 0.6) is 0 Å². The fourth-order valence-electron chi connectivity index (χ4n) is 8.81. The van der Waals surface area contributed by atoms with Crippen molar-refractivity contribution >= 4 is 70.5 Å². The Morgan fingerprint density at radius 1 is 0.333 bits per heavy atom. The minimum absolute atomic E-state index is 0.105. The van der Waals surface area contributed by atoms with Crippen LogP contribution in [0.3, 0.4) is 0 Å². The number of carbonyl (C=O) groups is 6. The molecule has 1 aromatic heterocycles. The molecular weight excluding hydrogens is 1120 g/mol. The van der Waals surface area contributed by atoms with E-state index in [1.165, 1.54) is 35.3 Å². The molecule has 0 aliphatic carbocycles. The van der Waals surface area contributed by atoms with E-state index in [0.717, 1.165) is 63.8 Å². The molecule has 0 amide bonds. The highest BCUT2D eigenvalue weighted by Gasteiger charge is 2.27. The van der Waals surface area contributed by atoms with E-state index in [4.69, 9.17) is 14.2 Å². The van der Waals surface area contributed by atoms with Gasteiger partial charge >= 0.3 is 35.0 Å². The van der Waals surface area contributed by atoms with Gasteiger partial charge in [-0.05, 0) is 58.2 Å². The molecule has 18 heteroatoms. The van der Waals surface area contributed by atoms with Gasteiger partial charge in [-0.25, -0.2) is 28.1 Å². The molecular formula is C66H69N3O12S3. The Kier molecular flexibility index (Phi) is 23.7. The molecule has 0 N–H and O–H groups in total. The lowest BCUT2D eigenvalue weighted by Crippen LogP contribution is -2.55. The molecule has 0 fully saturated rings. The molecule has 438 valence electrons. The summed E-state index contributed by atoms with van der Waals surface area (Å²) in [6.07, 6.45) is -0.316. The fourth-order valence-corrected chi connectivity index (χ4v) is 12.3. The summed E-state index contributed by atoms with van der Waals surface area (Å²) < 4.78 is 18.7. The summed E-state index contributed by atoms with van der Waals surface area (Å²) in [5.41, 5.74) is 6.89. The molecule has 0 radical (unpaired) electrons. The molecule has 0 saturated heterocycles. The van der Waals surface area contributed by atoms with Gasteiger partial charge in [0.1, 0.15) is 19.8 Å². The normalized spacial score (nSPS) is 12.2. The van der Waals surface area contributed by atoms with Gasteiger partial charge in [0.2, 0.25) is 0 Å². The van der Waals surface area contributed by atoms with Crippen LogP contribution in [-0.4, -0.2) is 86.0 Å². The van der Waals surface area contributed by atoms with E-state index in [1.54, 1.807) is 36.4 Å². The average Bonchev–Trinajstić information content (AvgIpc) is 2.22. The summed E-state index contributed by atoms with van der Waals surface area (Å²) >= 11 is 3.86. The number of hydrogen-bond donors (Lipinski definition) is 0. The van der Waals surface area contributed by atoms with Gasteiger partial charge in [0.25, 0.3) is 0 Å². The summed E-state index contributed by atoms with van der Waals surface area (Å²) in [4.78, 5) is 123. The molecule has 7 aromatic rings. The van der Waals surface area contributed by atoms with E-state index in [1.807, 2.05) is 151 Å². The number of ketones is 3. The summed E-state index contributed by atoms with van der Waals surface area (Å²) in [5.74, 6) is -1.69. The topological polar surface area (TPSA) is 196 Å². The first-order valence-corrected chi connectivity index (χ1v) is 30.8. The second-order valence-electron chi connectivity index (χ2n) is 20.4. The van der Waals surface area contributed by atoms with Crippen molar-refractivity contribution < 1.29 is 43.0 Å². The Morgan fingerprint density at radius 2 is 0.536 bits per heavy atom. The van der Waals surface area contributed by atoms with Crippen LogP contribution in [0.4, 0.5) is 0 Å². The second-order valence-corrected chi connectivity index (χ2v) is 24.0. The smallest absolute Gasteiger partial charge is 0.336 e. The van der Waals surface area contributed by atoms with E-state index in [9.17, 15) is 43.2 Å². The first-order chi connectivity index (χ1) is 40.4. The van der Waals surface area contributed by atoms with Crippen molar-refractivity contribution in [2.24, 2.45) is 0 Å². The molecule has 0 bridgehead atoms. The molecule has 7 rings (SSSR count). The van der Waals surface area contributed by atoms with Crippen molar-refractivity contribution in [2.45, 2.75) is 96.2 Å². The number of aromatic nitrogens is 3. The SMILES string of the molecule is Cc1ccc(C(=O)C(SCCC(=O)OCCn2c(=O)n(CCOC(=O)CCSC(C(=O)c3ccc(C)cc3)c3ccc(C)cc3)c(=O)n(CCOC(=O)CCSC(C(=O)c3ccc(C)cc3)c3ccc(C)cc3)c2=O)c2ccc(C)cc2)cc1. The van der Waals surface area contributed by atoms with Crippen LogP contribution >= 0.6 is 35.3 Å². The minimum atomic E-state index is -1.05. The van der Waals surface area contributed by atoms with Gasteiger partial charge in [-0.2, -0.15) is 0 Å². The number of benzene rings is 6. The Bertz CT molecular complexity index is 3190. The van der Waals surface area contributed by atoms with E-state index < -0.39 is 90.2 Å². The highest BCUT2D eigenvalue weighted by molar-refractivity contribution is 8.00. The van der Waals surface area contributed by atoms with E-state index in [-0.39, 0.29) is 53.9 Å². The number of ether oxygens (including phenoxy) is 3. The summed E-state index contributed by atoms with van der Waals surface area (Å²) in [5, 5.41) is -1.82. The van der Waals surface area contributed by atoms with Crippen LogP contribution in [-0.2, 0) is 48.2 Å². The highest BCUT2D eigenvalue weighted by atomic mass is 32.2. The molecule has 84 heavy (non-hydrogen) atoms. The van der Waals surface area contributed by atoms with Gasteiger partial charge in [0.05, 0.1) is 54.6 Å². The van der Waals surface area contributed by atoms with Crippen LogP contribution < -0.4 is 17.1 Å². The zero-order chi connectivity index (χ0) is 60.3. The first kappa shape index (κ1) is 63.8. The number of esters is 3. The third-order valence-electron chi connectivity index (χ3n) is 13.8. The van der Waals surface area contributed by atoms with Crippen molar-refractivity contribution in [2.75, 3.05) is 37.1 Å². The quantitative estimate of drug-likeness (QED) is 0.0234. The molecule has 0 aliphatic heterocycles. The largest absolute Gasteiger partial charge is 0.464 e. The standard InChI is InChI=1S/C66H69N3O12S3/c1-43-7-19-49(20-8-43)58(73)61(52-25-13-46(4)14-26-52)82-40-31-55(70)79-37-34-67-64(76)68(35-38-80-56(71)32-41-83-62(53-27-15-47(5)16-28-53)59(74)50-21-9-44(2)10-22-50)66(78)69(65(67)77)36-39-81-57(72)33-42-84-63(54-29-17-48(6)18-30-54)60(75)51-23-11-45(3)12-24-51/h7-30,61-63H,31-42H2,1-6H3. The number of rotatable bonds is 30. The Hall–Kier alpha value is -7.80. The second kappa shape index (κ2) is 31.2. The first-order valence-electron chi connectivity index (χ1n) is 27.6. The molecule has 0 aliphatic rings. The van der Waals surface area contributed by atoms with Gasteiger partial charge < -0.3 is 14.2 Å². The molecule has 0 saturated carbocycles. The van der Waals surface area contributed by atoms with Crippen LogP contribution in [0.25, 0.3) is 0 Å². The van der Waals surface area contributed by atoms with Crippen molar-refractivity contribution in [3.05, 3.63) is 244 Å². The molecule has 1 heterocycles. The maximum Gasteiger partial charge on any atom is 0.336 e. The van der Waals surface area contributed by atoms with E-state index >= 15 is 0 Å². The maximum absolute atomic E-state index is 14.0. The lowest BCUT2D eigenvalue weighted by atomic mass is 10.0. The molecule has 15 nitrogen and oxygen atoms in total. The lowest BCUT2D eigenvalue weighted by Gasteiger charge is -2.17. The van der Waals surface area contributed by atoms with Crippen LogP contribution in [0.15, 0.2) is 160 Å². The predicted molar refractivity (Wildman–Crippen MR) is 332 cm³/mol. The number of nitrogens with zero attached hydrogens (tertiary/aromatic N) is 3. The van der Waals surface area contributed by atoms with E-state index in [0.29, 0.717) is 16.7 Å². The highest BCUT2D eigenvalue weighted by Crippen LogP contribution is 2.36. The van der Waals surface area contributed by atoms with Crippen molar-refractivity contribution in [3.8, 4) is 0 Å². The van der Waals surface area contributed by atoms with Gasteiger partial charge in [0.15, 0.2) is 17.3 Å². The van der Waals surface area contributed by atoms with Crippen molar-refractivity contribution in [1.82, 2.24) is 13.7 Å². The fraction of sp³-hybridized carbons (Fsp3) is 0.318. The monoisotopic (exact) mass is 1190 g/mol. The number of thioether (sulfide) groups is 3.